The van der Waals surface area contributed by atoms with Gasteiger partial charge < -0.3 is 5.73 Å². The molecule has 7 nitrogen and oxygen atoms in total. The van der Waals surface area contributed by atoms with E-state index in [4.69, 9.17) is 17.3 Å². The van der Waals surface area contributed by atoms with Gasteiger partial charge in [-0.15, -0.1) is 11.6 Å². The summed E-state index contributed by atoms with van der Waals surface area (Å²) in [6, 6.07) is 0. The highest BCUT2D eigenvalue weighted by molar-refractivity contribution is 6.17. The number of unbranched alkanes of at least 4 members (excludes halogenated alkanes) is 1. The van der Waals surface area contributed by atoms with Gasteiger partial charge in [-0.3, -0.25) is 13.9 Å². The fraction of sp³-hybridized carbons (Fsp3) is 0.667. The Kier molecular flexibility index (Phi) is 5.87. The highest BCUT2D eigenvalue weighted by atomic mass is 35.5. The molecule has 0 aliphatic rings. The van der Waals surface area contributed by atoms with E-state index in [1.165, 1.54) is 4.57 Å². The van der Waals surface area contributed by atoms with E-state index in [0.29, 0.717) is 55.2 Å². The maximum Gasteiger partial charge on any atom is 0.332 e. The van der Waals surface area contributed by atoms with Crippen molar-refractivity contribution in [1.29, 1.82) is 0 Å². The molecule has 2 aromatic heterocycles. The molecule has 0 saturated heterocycles. The number of hydrogen-bond acceptors (Lipinski definition) is 4. The number of aryl methyl sites for hydroxylation is 2. The minimum absolute atomic E-state index is 0.306. The summed E-state index contributed by atoms with van der Waals surface area (Å²) >= 11 is 5.72. The number of nitrogens with zero attached hydrogens (tertiary/aromatic N) is 4. The SMILES string of the molecule is CCCCn1c(=O)n(CCC)c(=O)c2c(N)n(CCCCl)nc21. The summed E-state index contributed by atoms with van der Waals surface area (Å²) in [5.74, 6) is 0.795. The van der Waals surface area contributed by atoms with Crippen molar-refractivity contribution in [3.63, 3.8) is 0 Å². The lowest BCUT2D eigenvalue weighted by molar-refractivity contribution is 0.539. The van der Waals surface area contributed by atoms with Crippen LogP contribution in [0.4, 0.5) is 5.82 Å². The maximum absolute atomic E-state index is 12.7. The molecule has 8 heteroatoms. The highest BCUT2D eigenvalue weighted by Gasteiger charge is 2.19. The van der Waals surface area contributed by atoms with Gasteiger partial charge in [0, 0.05) is 25.5 Å². The third-order valence-corrected chi connectivity index (χ3v) is 4.10. The molecule has 0 fully saturated rings. The summed E-state index contributed by atoms with van der Waals surface area (Å²) in [4.78, 5) is 25.3. The summed E-state index contributed by atoms with van der Waals surface area (Å²) in [6.07, 6.45) is 3.19. The van der Waals surface area contributed by atoms with Gasteiger partial charge in [0.15, 0.2) is 5.65 Å². The molecule has 2 rings (SSSR count). The summed E-state index contributed by atoms with van der Waals surface area (Å²) in [7, 11) is 0. The lowest BCUT2D eigenvalue weighted by Crippen LogP contribution is -2.40. The number of alkyl halides is 1. The zero-order chi connectivity index (χ0) is 17.0. The van der Waals surface area contributed by atoms with Gasteiger partial charge >= 0.3 is 5.69 Å². The van der Waals surface area contributed by atoms with Crippen LogP contribution in [0.25, 0.3) is 11.0 Å². The minimum atomic E-state index is -0.353. The molecule has 0 spiro atoms. The molecule has 2 heterocycles. The number of anilines is 1. The van der Waals surface area contributed by atoms with Crippen molar-refractivity contribution in [3.05, 3.63) is 20.8 Å². The molecule has 23 heavy (non-hydrogen) atoms. The van der Waals surface area contributed by atoms with Gasteiger partial charge in [-0.25, -0.2) is 9.48 Å². The summed E-state index contributed by atoms with van der Waals surface area (Å²) in [6.45, 7) is 5.42. The molecule has 0 bridgehead atoms. The Bertz CT molecular complexity index is 790. The number of halogens is 1. The Labute approximate surface area is 139 Å². The first-order chi connectivity index (χ1) is 11.1. The van der Waals surface area contributed by atoms with Crippen LogP contribution in [-0.2, 0) is 19.6 Å². The molecule has 0 amide bonds. The molecule has 2 aromatic rings. The van der Waals surface area contributed by atoms with E-state index < -0.39 is 0 Å². The van der Waals surface area contributed by atoms with Crippen LogP contribution >= 0.6 is 11.6 Å². The van der Waals surface area contributed by atoms with Gasteiger partial charge in [0.1, 0.15) is 11.2 Å². The van der Waals surface area contributed by atoms with E-state index in [2.05, 4.69) is 12.0 Å². The maximum atomic E-state index is 12.7. The fourth-order valence-electron chi connectivity index (χ4n) is 2.63. The minimum Gasteiger partial charge on any atom is -0.383 e. The van der Waals surface area contributed by atoms with Crippen molar-refractivity contribution < 1.29 is 0 Å². The van der Waals surface area contributed by atoms with Crippen LogP contribution in [0.5, 0.6) is 0 Å². The van der Waals surface area contributed by atoms with Crippen molar-refractivity contribution in [3.8, 4) is 0 Å². The van der Waals surface area contributed by atoms with Crippen molar-refractivity contribution >= 4 is 28.5 Å². The predicted molar refractivity (Wildman–Crippen MR) is 93.2 cm³/mol. The van der Waals surface area contributed by atoms with E-state index in [1.807, 2.05) is 6.92 Å². The van der Waals surface area contributed by atoms with E-state index in [0.717, 1.165) is 12.8 Å². The molecule has 0 saturated carbocycles. The molecule has 128 valence electrons. The predicted octanol–water partition coefficient (Wildman–Crippen LogP) is 1.78. The van der Waals surface area contributed by atoms with Gasteiger partial charge in [0.05, 0.1) is 0 Å². The van der Waals surface area contributed by atoms with Crippen molar-refractivity contribution in [1.82, 2.24) is 18.9 Å². The highest BCUT2D eigenvalue weighted by Crippen LogP contribution is 2.17. The average molecular weight is 342 g/mol. The number of nitrogens with two attached hydrogens (primary N) is 1. The van der Waals surface area contributed by atoms with Crippen LogP contribution in [0.15, 0.2) is 9.59 Å². The average Bonchev–Trinajstić information content (AvgIpc) is 2.86. The van der Waals surface area contributed by atoms with Crippen LogP contribution in [-0.4, -0.2) is 24.8 Å². The van der Waals surface area contributed by atoms with Gasteiger partial charge in [0.25, 0.3) is 5.56 Å². The molecule has 0 aromatic carbocycles. The molecule has 0 radical (unpaired) electrons. The Hall–Kier alpha value is -1.76. The van der Waals surface area contributed by atoms with Gasteiger partial charge in [-0.1, -0.05) is 20.3 Å². The normalized spacial score (nSPS) is 11.4. The number of fused-ring (bicyclic) bond motifs is 1. The second-order valence-corrected chi connectivity index (χ2v) is 5.97. The second-order valence-electron chi connectivity index (χ2n) is 5.59. The first-order valence-electron chi connectivity index (χ1n) is 8.12. The summed E-state index contributed by atoms with van der Waals surface area (Å²) in [5.41, 5.74) is 5.85. The largest absolute Gasteiger partial charge is 0.383 e. The molecule has 0 aliphatic heterocycles. The van der Waals surface area contributed by atoms with Crippen molar-refractivity contribution in [2.24, 2.45) is 0 Å². The van der Waals surface area contributed by atoms with Crippen LogP contribution in [0.2, 0.25) is 0 Å². The first kappa shape index (κ1) is 17.6. The molecular formula is C15H24ClN5O2. The second kappa shape index (κ2) is 7.68. The van der Waals surface area contributed by atoms with Gasteiger partial charge in [-0.05, 0) is 19.3 Å². The van der Waals surface area contributed by atoms with Crippen molar-refractivity contribution in [2.75, 3.05) is 11.6 Å². The van der Waals surface area contributed by atoms with Crippen LogP contribution in [0.1, 0.15) is 39.5 Å². The molecular weight excluding hydrogens is 318 g/mol. The number of hydrogen-bond donors (Lipinski definition) is 1. The Morgan fingerprint density at radius 2 is 1.78 bits per heavy atom. The standard InChI is InChI=1S/C15H24ClN5O2/c1-3-5-9-19-13-11(12(17)21(18-13)10-6-7-16)14(22)20(8-4-2)15(19)23/h3-10,17H2,1-2H3. The smallest absolute Gasteiger partial charge is 0.332 e. The van der Waals surface area contributed by atoms with Gasteiger partial charge in [-0.2, -0.15) is 5.10 Å². The topological polar surface area (TPSA) is 87.8 Å². The molecule has 0 atom stereocenters. The Balaban J connectivity index is 2.73. The van der Waals surface area contributed by atoms with E-state index >= 15 is 0 Å². The van der Waals surface area contributed by atoms with E-state index in [9.17, 15) is 9.59 Å². The molecule has 2 N–H and O–H groups in total. The van der Waals surface area contributed by atoms with E-state index in [-0.39, 0.29) is 11.2 Å². The zero-order valence-electron chi connectivity index (χ0n) is 13.7. The van der Waals surface area contributed by atoms with Crippen molar-refractivity contribution in [2.45, 2.75) is 59.2 Å². The molecule has 0 unspecified atom stereocenters. The zero-order valence-corrected chi connectivity index (χ0v) is 14.5. The lowest BCUT2D eigenvalue weighted by Gasteiger charge is -2.10. The third-order valence-electron chi connectivity index (χ3n) is 3.84. The Morgan fingerprint density at radius 3 is 2.39 bits per heavy atom. The van der Waals surface area contributed by atoms with Crippen LogP contribution in [0, 0.1) is 0 Å². The third kappa shape index (κ3) is 3.29. The van der Waals surface area contributed by atoms with E-state index in [1.54, 1.807) is 9.25 Å². The van der Waals surface area contributed by atoms with Gasteiger partial charge in [0.2, 0.25) is 0 Å². The number of rotatable bonds is 8. The first-order valence-corrected chi connectivity index (χ1v) is 8.65. The quantitative estimate of drug-likeness (QED) is 0.741. The summed E-state index contributed by atoms with van der Waals surface area (Å²) in [5, 5.41) is 4.74. The summed E-state index contributed by atoms with van der Waals surface area (Å²) < 4.78 is 4.41. The monoisotopic (exact) mass is 341 g/mol. The fourth-order valence-corrected chi connectivity index (χ4v) is 2.75. The number of nitrogen functional groups attached to an aromatic ring is 1. The van der Waals surface area contributed by atoms with Crippen LogP contribution in [0.3, 0.4) is 0 Å². The van der Waals surface area contributed by atoms with Crippen LogP contribution < -0.4 is 17.0 Å². The Morgan fingerprint density at radius 1 is 1.04 bits per heavy atom. The lowest BCUT2D eigenvalue weighted by atomic mass is 10.3. The number of aromatic nitrogens is 4. The molecule has 0 aliphatic carbocycles.